The summed E-state index contributed by atoms with van der Waals surface area (Å²) < 4.78 is 36.0. The van der Waals surface area contributed by atoms with E-state index in [2.05, 4.69) is 0 Å². The molecule has 106 valence electrons. The standard InChI is InChI=1S/C13H17F3N2O/c1-18(12(19)6-7-13(14,15)16)9-11-4-2-10(8-17)3-5-11/h2-5H,6-9,17H2,1H3. The van der Waals surface area contributed by atoms with Crippen molar-refractivity contribution in [1.29, 1.82) is 0 Å². The van der Waals surface area contributed by atoms with Crippen molar-refractivity contribution < 1.29 is 18.0 Å². The molecular weight excluding hydrogens is 257 g/mol. The molecule has 2 N–H and O–H groups in total. The molecule has 0 aliphatic rings. The Kier molecular flexibility index (Phi) is 5.35. The molecule has 0 radical (unpaired) electrons. The Bertz CT molecular complexity index is 415. The van der Waals surface area contributed by atoms with Crippen LogP contribution in [0.5, 0.6) is 0 Å². The number of amides is 1. The highest BCUT2D eigenvalue weighted by atomic mass is 19.4. The maximum Gasteiger partial charge on any atom is 0.389 e. The molecule has 0 aliphatic heterocycles. The summed E-state index contributed by atoms with van der Waals surface area (Å²) in [4.78, 5) is 12.8. The van der Waals surface area contributed by atoms with Gasteiger partial charge in [0, 0.05) is 26.6 Å². The molecule has 1 rings (SSSR count). The maximum absolute atomic E-state index is 12.0. The molecule has 0 bridgehead atoms. The number of nitrogens with two attached hydrogens (primary N) is 1. The van der Waals surface area contributed by atoms with Crippen LogP contribution >= 0.6 is 0 Å². The van der Waals surface area contributed by atoms with Crippen molar-refractivity contribution in [2.24, 2.45) is 5.73 Å². The molecule has 6 heteroatoms. The summed E-state index contributed by atoms with van der Waals surface area (Å²) >= 11 is 0. The smallest absolute Gasteiger partial charge is 0.341 e. The predicted molar refractivity (Wildman–Crippen MR) is 66.1 cm³/mol. The second-order valence-electron chi connectivity index (χ2n) is 4.39. The van der Waals surface area contributed by atoms with Crippen LogP contribution in [-0.2, 0) is 17.9 Å². The van der Waals surface area contributed by atoms with E-state index < -0.39 is 24.9 Å². The molecule has 3 nitrogen and oxygen atoms in total. The van der Waals surface area contributed by atoms with E-state index in [0.717, 1.165) is 11.1 Å². The second-order valence-corrected chi connectivity index (χ2v) is 4.39. The second kappa shape index (κ2) is 6.56. The first-order valence-electron chi connectivity index (χ1n) is 5.90. The zero-order valence-electron chi connectivity index (χ0n) is 10.7. The van der Waals surface area contributed by atoms with Crippen LogP contribution in [0.25, 0.3) is 0 Å². The van der Waals surface area contributed by atoms with Gasteiger partial charge in [-0.25, -0.2) is 0 Å². The Labute approximate surface area is 110 Å². The lowest BCUT2D eigenvalue weighted by atomic mass is 10.1. The quantitative estimate of drug-likeness (QED) is 0.896. The lowest BCUT2D eigenvalue weighted by molar-refractivity contribution is -0.148. The molecule has 1 amide bonds. The van der Waals surface area contributed by atoms with Gasteiger partial charge in [-0.15, -0.1) is 0 Å². The number of benzene rings is 1. The minimum absolute atomic E-state index is 0.293. The SMILES string of the molecule is CN(Cc1ccc(CN)cc1)C(=O)CCC(F)(F)F. The van der Waals surface area contributed by atoms with Crippen molar-refractivity contribution in [2.45, 2.75) is 32.1 Å². The van der Waals surface area contributed by atoms with E-state index in [9.17, 15) is 18.0 Å². The first kappa shape index (κ1) is 15.5. The molecule has 0 saturated heterocycles. The van der Waals surface area contributed by atoms with Gasteiger partial charge in [0.1, 0.15) is 0 Å². The third-order valence-electron chi connectivity index (χ3n) is 2.73. The van der Waals surface area contributed by atoms with Crippen molar-refractivity contribution in [3.63, 3.8) is 0 Å². The van der Waals surface area contributed by atoms with Gasteiger partial charge in [-0.1, -0.05) is 24.3 Å². The van der Waals surface area contributed by atoms with Crippen molar-refractivity contribution in [3.8, 4) is 0 Å². The fraction of sp³-hybridized carbons (Fsp3) is 0.462. The van der Waals surface area contributed by atoms with E-state index in [1.807, 2.05) is 24.3 Å². The first-order chi connectivity index (χ1) is 8.81. The highest BCUT2D eigenvalue weighted by Gasteiger charge is 2.28. The summed E-state index contributed by atoms with van der Waals surface area (Å²) in [7, 11) is 1.50. The lowest BCUT2D eigenvalue weighted by Crippen LogP contribution is -2.27. The fourth-order valence-corrected chi connectivity index (χ4v) is 1.58. The van der Waals surface area contributed by atoms with E-state index in [-0.39, 0.29) is 0 Å². The minimum atomic E-state index is -4.29. The molecule has 0 fully saturated rings. The monoisotopic (exact) mass is 274 g/mol. The predicted octanol–water partition coefficient (Wildman–Crippen LogP) is 2.45. The molecule has 0 atom stereocenters. The van der Waals surface area contributed by atoms with Crippen LogP contribution in [0.4, 0.5) is 13.2 Å². The van der Waals surface area contributed by atoms with Gasteiger partial charge in [-0.3, -0.25) is 4.79 Å². The molecule has 0 aromatic heterocycles. The van der Waals surface area contributed by atoms with Crippen molar-refractivity contribution in [2.75, 3.05) is 7.05 Å². The average molecular weight is 274 g/mol. The number of carbonyl (C=O) groups excluding carboxylic acids is 1. The molecule has 19 heavy (non-hydrogen) atoms. The van der Waals surface area contributed by atoms with Gasteiger partial charge in [0.25, 0.3) is 0 Å². The fourth-order valence-electron chi connectivity index (χ4n) is 1.58. The number of rotatable bonds is 5. The van der Waals surface area contributed by atoms with Gasteiger partial charge < -0.3 is 10.6 Å². The zero-order chi connectivity index (χ0) is 14.5. The average Bonchev–Trinajstić information content (AvgIpc) is 2.36. The molecule has 1 aromatic rings. The van der Waals surface area contributed by atoms with E-state index in [4.69, 9.17) is 5.73 Å². The highest BCUT2D eigenvalue weighted by Crippen LogP contribution is 2.21. The highest BCUT2D eigenvalue weighted by molar-refractivity contribution is 5.75. The third kappa shape index (κ3) is 5.74. The van der Waals surface area contributed by atoms with Gasteiger partial charge in [0.2, 0.25) is 5.91 Å². The Morgan fingerprint density at radius 1 is 1.21 bits per heavy atom. The summed E-state index contributed by atoms with van der Waals surface area (Å²) in [5, 5.41) is 0. The number of nitrogens with zero attached hydrogens (tertiary/aromatic N) is 1. The van der Waals surface area contributed by atoms with Crippen molar-refractivity contribution >= 4 is 5.91 Å². The Hall–Kier alpha value is -1.56. The normalized spacial score (nSPS) is 11.4. The van der Waals surface area contributed by atoms with Crippen LogP contribution in [0.3, 0.4) is 0 Å². The molecule has 0 aliphatic carbocycles. The van der Waals surface area contributed by atoms with Gasteiger partial charge >= 0.3 is 6.18 Å². The zero-order valence-corrected chi connectivity index (χ0v) is 10.7. The van der Waals surface area contributed by atoms with Crippen LogP contribution < -0.4 is 5.73 Å². The number of carbonyl (C=O) groups is 1. The topological polar surface area (TPSA) is 46.3 Å². The van der Waals surface area contributed by atoms with Crippen LogP contribution in [0.15, 0.2) is 24.3 Å². The summed E-state index contributed by atoms with van der Waals surface area (Å²) in [6.45, 7) is 0.724. The minimum Gasteiger partial charge on any atom is -0.341 e. The van der Waals surface area contributed by atoms with Crippen molar-refractivity contribution in [3.05, 3.63) is 35.4 Å². The molecular formula is C13H17F3N2O. The lowest BCUT2D eigenvalue weighted by Gasteiger charge is -2.18. The summed E-state index contributed by atoms with van der Waals surface area (Å²) in [5.74, 6) is -0.514. The number of halogens is 3. The van der Waals surface area contributed by atoms with Crippen LogP contribution in [0.1, 0.15) is 24.0 Å². The number of alkyl halides is 3. The van der Waals surface area contributed by atoms with E-state index in [1.165, 1.54) is 11.9 Å². The van der Waals surface area contributed by atoms with Gasteiger partial charge in [0.05, 0.1) is 6.42 Å². The number of hydrogen-bond acceptors (Lipinski definition) is 2. The van der Waals surface area contributed by atoms with Gasteiger partial charge in [-0.05, 0) is 11.1 Å². The molecule has 0 heterocycles. The summed E-state index contributed by atoms with van der Waals surface area (Å²) in [5.41, 5.74) is 7.29. The summed E-state index contributed by atoms with van der Waals surface area (Å²) in [6, 6.07) is 7.30. The number of hydrogen-bond donors (Lipinski definition) is 1. The molecule has 0 spiro atoms. The van der Waals surface area contributed by atoms with Crippen LogP contribution in [-0.4, -0.2) is 24.0 Å². The van der Waals surface area contributed by atoms with E-state index in [1.54, 1.807) is 0 Å². The Balaban J connectivity index is 2.49. The summed E-state index contributed by atoms with van der Waals surface area (Å²) in [6.07, 6.45) is -5.89. The van der Waals surface area contributed by atoms with Gasteiger partial charge in [0.15, 0.2) is 0 Å². The van der Waals surface area contributed by atoms with Crippen LogP contribution in [0.2, 0.25) is 0 Å². The van der Waals surface area contributed by atoms with E-state index in [0.29, 0.717) is 13.1 Å². The Morgan fingerprint density at radius 2 is 1.74 bits per heavy atom. The largest absolute Gasteiger partial charge is 0.389 e. The van der Waals surface area contributed by atoms with Gasteiger partial charge in [-0.2, -0.15) is 13.2 Å². The molecule has 0 saturated carbocycles. The third-order valence-corrected chi connectivity index (χ3v) is 2.73. The van der Waals surface area contributed by atoms with Crippen molar-refractivity contribution in [1.82, 2.24) is 4.90 Å². The molecule has 0 unspecified atom stereocenters. The van der Waals surface area contributed by atoms with E-state index >= 15 is 0 Å². The Morgan fingerprint density at radius 3 is 2.21 bits per heavy atom. The maximum atomic E-state index is 12.0. The first-order valence-corrected chi connectivity index (χ1v) is 5.90. The van der Waals surface area contributed by atoms with Crippen LogP contribution in [0, 0.1) is 0 Å². The molecule has 1 aromatic carbocycles.